The van der Waals surface area contributed by atoms with Gasteiger partial charge in [-0.3, -0.25) is 5.43 Å². The van der Waals surface area contributed by atoms with Gasteiger partial charge in [0.1, 0.15) is 16.9 Å². The van der Waals surface area contributed by atoms with Crippen molar-refractivity contribution in [3.8, 4) is 5.75 Å². The Morgan fingerprint density at radius 2 is 2.22 bits per heavy atom. The lowest BCUT2D eigenvalue weighted by atomic mass is 10.1. The molecule has 3 aromatic rings. The number of anilines is 1. The van der Waals surface area contributed by atoms with Crippen molar-refractivity contribution < 1.29 is 5.11 Å². The van der Waals surface area contributed by atoms with E-state index in [-0.39, 0.29) is 5.75 Å². The van der Waals surface area contributed by atoms with E-state index in [4.69, 9.17) is 0 Å². The quantitative estimate of drug-likeness (QED) is 0.509. The van der Waals surface area contributed by atoms with E-state index in [2.05, 4.69) is 25.8 Å². The first-order valence-electron chi connectivity index (χ1n) is 7.36. The number of nitrogens with one attached hydrogen (secondary N) is 2. The number of hydrogen-bond acceptors (Lipinski definition) is 7. The van der Waals surface area contributed by atoms with Gasteiger partial charge in [-0.1, -0.05) is 12.1 Å². The molecule has 0 saturated heterocycles. The van der Waals surface area contributed by atoms with E-state index in [0.29, 0.717) is 11.4 Å². The van der Waals surface area contributed by atoms with E-state index in [1.54, 1.807) is 42.1 Å². The molecule has 1 aromatic carbocycles. The number of aromatic nitrogens is 2. The minimum Gasteiger partial charge on any atom is -0.507 e. The normalized spacial score (nSPS) is 14.3. The second-order valence-corrected chi connectivity index (χ2v) is 6.35. The van der Waals surface area contributed by atoms with Crippen LogP contribution in [0, 0.1) is 0 Å². The summed E-state index contributed by atoms with van der Waals surface area (Å²) in [5, 5.41) is 18.4. The average molecular weight is 325 g/mol. The second kappa shape index (κ2) is 5.94. The Morgan fingerprint density at radius 1 is 1.30 bits per heavy atom. The third-order valence-corrected chi connectivity index (χ3v) is 4.96. The number of hydrogen-bond donors (Lipinski definition) is 3. The van der Waals surface area contributed by atoms with Gasteiger partial charge in [0.15, 0.2) is 5.82 Å². The number of benzene rings is 1. The highest BCUT2D eigenvalue weighted by Gasteiger charge is 2.19. The summed E-state index contributed by atoms with van der Waals surface area (Å²) >= 11 is 1.70. The number of fused-ring (bicyclic) bond motifs is 3. The van der Waals surface area contributed by atoms with Crippen LogP contribution in [0.5, 0.6) is 5.75 Å². The molecule has 0 atom stereocenters. The van der Waals surface area contributed by atoms with Crippen LogP contribution < -0.4 is 10.7 Å². The first-order valence-corrected chi connectivity index (χ1v) is 8.17. The van der Waals surface area contributed by atoms with Crippen LogP contribution in [0.4, 0.5) is 5.82 Å². The largest absolute Gasteiger partial charge is 0.507 e. The molecule has 3 heterocycles. The van der Waals surface area contributed by atoms with E-state index in [9.17, 15) is 5.11 Å². The molecular formula is C16H15N5OS. The molecule has 0 aliphatic carbocycles. The minimum atomic E-state index is 0.199. The molecule has 0 radical (unpaired) electrons. The fourth-order valence-electron chi connectivity index (χ4n) is 2.70. The molecule has 0 bridgehead atoms. The Hall–Kier alpha value is -2.51. The second-order valence-electron chi connectivity index (χ2n) is 5.26. The minimum absolute atomic E-state index is 0.199. The lowest BCUT2D eigenvalue weighted by Crippen LogP contribution is -2.22. The molecule has 3 N–H and O–H groups in total. The fraction of sp³-hybridized carbons (Fsp3) is 0.188. The zero-order chi connectivity index (χ0) is 15.6. The highest BCUT2D eigenvalue weighted by atomic mass is 32.1. The Bertz CT molecular complexity index is 889. The molecule has 0 spiro atoms. The first kappa shape index (κ1) is 14.1. The summed E-state index contributed by atoms with van der Waals surface area (Å²) in [7, 11) is 0. The predicted octanol–water partition coefficient (Wildman–Crippen LogP) is 2.49. The number of thiophene rings is 1. The number of rotatable bonds is 3. The van der Waals surface area contributed by atoms with Gasteiger partial charge in [-0.2, -0.15) is 5.10 Å². The van der Waals surface area contributed by atoms with E-state index in [1.165, 1.54) is 10.4 Å². The van der Waals surface area contributed by atoms with Crippen LogP contribution in [-0.4, -0.2) is 27.8 Å². The van der Waals surface area contributed by atoms with E-state index < -0.39 is 0 Å². The highest BCUT2D eigenvalue weighted by molar-refractivity contribution is 7.18. The summed E-state index contributed by atoms with van der Waals surface area (Å²) < 4.78 is 0. The lowest BCUT2D eigenvalue weighted by molar-refractivity contribution is 0.474. The molecule has 0 amide bonds. The third-order valence-electron chi connectivity index (χ3n) is 3.82. The van der Waals surface area contributed by atoms with Gasteiger partial charge < -0.3 is 10.4 Å². The van der Waals surface area contributed by atoms with Crippen molar-refractivity contribution in [2.45, 2.75) is 13.0 Å². The van der Waals surface area contributed by atoms with Crippen LogP contribution in [0.1, 0.15) is 16.0 Å². The molecule has 116 valence electrons. The first-order chi connectivity index (χ1) is 11.3. The number of phenols is 1. The molecule has 23 heavy (non-hydrogen) atoms. The van der Waals surface area contributed by atoms with Crippen LogP contribution in [0.25, 0.3) is 10.2 Å². The van der Waals surface area contributed by atoms with Crippen molar-refractivity contribution in [3.63, 3.8) is 0 Å². The molecule has 0 unspecified atom stereocenters. The molecule has 1 aliphatic rings. The van der Waals surface area contributed by atoms with Crippen LogP contribution in [-0.2, 0) is 13.0 Å². The van der Waals surface area contributed by atoms with E-state index >= 15 is 0 Å². The zero-order valence-electron chi connectivity index (χ0n) is 12.3. The molecule has 2 aromatic heterocycles. The van der Waals surface area contributed by atoms with Crippen molar-refractivity contribution in [2.24, 2.45) is 5.10 Å². The standard InChI is InChI=1S/C16H15N5OS/c22-12-4-2-1-3-10(12)7-20-21-15-14-11-5-6-17-8-13(11)23-16(14)19-9-18-15/h1-4,7,9,17,22H,5-6,8H2,(H,18,19,21)/b20-7+. The maximum atomic E-state index is 9.75. The number of hydrazone groups is 1. The molecule has 4 rings (SSSR count). The summed E-state index contributed by atoms with van der Waals surface area (Å²) in [4.78, 5) is 11.0. The van der Waals surface area contributed by atoms with Crippen molar-refractivity contribution in [1.82, 2.24) is 15.3 Å². The van der Waals surface area contributed by atoms with Gasteiger partial charge in [0.2, 0.25) is 0 Å². The molecule has 0 fully saturated rings. The molecule has 6 nitrogen and oxygen atoms in total. The van der Waals surface area contributed by atoms with Crippen molar-refractivity contribution >= 4 is 33.6 Å². The summed E-state index contributed by atoms with van der Waals surface area (Å²) in [6, 6.07) is 7.06. The predicted molar refractivity (Wildman–Crippen MR) is 92.1 cm³/mol. The van der Waals surface area contributed by atoms with Gasteiger partial charge in [0, 0.05) is 17.0 Å². The summed E-state index contributed by atoms with van der Waals surface area (Å²) in [6.07, 6.45) is 4.11. The summed E-state index contributed by atoms with van der Waals surface area (Å²) in [5.74, 6) is 0.908. The zero-order valence-corrected chi connectivity index (χ0v) is 13.1. The molecule has 0 saturated carbocycles. The SMILES string of the molecule is Oc1ccccc1/C=N/Nc1ncnc2sc3c(c12)CCNC3. The van der Waals surface area contributed by atoms with Gasteiger partial charge in [0.25, 0.3) is 0 Å². The van der Waals surface area contributed by atoms with Crippen molar-refractivity contribution in [2.75, 3.05) is 12.0 Å². The van der Waals surface area contributed by atoms with Gasteiger partial charge >= 0.3 is 0 Å². The maximum Gasteiger partial charge on any atom is 0.158 e. The molecule has 7 heteroatoms. The number of phenolic OH excluding ortho intramolecular Hbond substituents is 1. The Balaban J connectivity index is 1.67. The molecule has 1 aliphatic heterocycles. The monoisotopic (exact) mass is 325 g/mol. The van der Waals surface area contributed by atoms with Crippen molar-refractivity contribution in [3.05, 3.63) is 46.6 Å². The van der Waals surface area contributed by atoms with Gasteiger partial charge in [-0.25, -0.2) is 9.97 Å². The van der Waals surface area contributed by atoms with Crippen LogP contribution in [0.2, 0.25) is 0 Å². The Kier molecular flexibility index (Phi) is 3.64. The Morgan fingerprint density at radius 3 is 3.13 bits per heavy atom. The number of para-hydroxylation sites is 1. The van der Waals surface area contributed by atoms with Crippen LogP contribution >= 0.6 is 11.3 Å². The maximum absolute atomic E-state index is 9.75. The van der Waals surface area contributed by atoms with Crippen molar-refractivity contribution in [1.29, 1.82) is 0 Å². The van der Waals surface area contributed by atoms with Gasteiger partial charge in [-0.15, -0.1) is 11.3 Å². The summed E-state index contributed by atoms with van der Waals surface area (Å²) in [6.45, 7) is 1.85. The van der Waals surface area contributed by atoms with Gasteiger partial charge in [0.05, 0.1) is 11.6 Å². The van der Waals surface area contributed by atoms with Crippen LogP contribution in [0.15, 0.2) is 35.7 Å². The average Bonchev–Trinajstić information content (AvgIpc) is 2.96. The number of nitrogens with zero attached hydrogens (tertiary/aromatic N) is 3. The smallest absolute Gasteiger partial charge is 0.158 e. The Labute approximate surface area is 136 Å². The summed E-state index contributed by atoms with van der Waals surface area (Å²) in [5.41, 5.74) is 4.96. The third kappa shape index (κ3) is 2.64. The fourth-order valence-corrected chi connectivity index (χ4v) is 3.86. The van der Waals surface area contributed by atoms with Crippen LogP contribution in [0.3, 0.4) is 0 Å². The number of aromatic hydroxyl groups is 1. The lowest BCUT2D eigenvalue weighted by Gasteiger charge is -2.12. The molecular weight excluding hydrogens is 310 g/mol. The van der Waals surface area contributed by atoms with E-state index in [1.807, 2.05) is 6.07 Å². The van der Waals surface area contributed by atoms with Gasteiger partial charge in [-0.05, 0) is 30.7 Å². The highest BCUT2D eigenvalue weighted by Crippen LogP contribution is 2.35. The topological polar surface area (TPSA) is 82.4 Å². The van der Waals surface area contributed by atoms with E-state index in [0.717, 1.165) is 29.7 Å².